The van der Waals surface area contributed by atoms with Gasteiger partial charge in [-0.2, -0.15) is 0 Å². The Morgan fingerprint density at radius 1 is 0.741 bits per heavy atom. The van der Waals surface area contributed by atoms with Gasteiger partial charge in [-0.05, 0) is 74.2 Å². The van der Waals surface area contributed by atoms with E-state index in [2.05, 4.69) is 36.2 Å². The van der Waals surface area contributed by atoms with E-state index in [0.717, 1.165) is 42.3 Å². The highest BCUT2D eigenvalue weighted by Crippen LogP contribution is 2.42. The van der Waals surface area contributed by atoms with E-state index in [1.807, 2.05) is 0 Å². The molecule has 0 spiro atoms. The van der Waals surface area contributed by atoms with Crippen LogP contribution in [0.25, 0.3) is 0 Å². The molecule has 2 saturated carbocycles. The lowest BCUT2D eigenvalue weighted by atomic mass is 9.68. The second-order valence-corrected chi connectivity index (χ2v) is 9.47. The largest absolute Gasteiger partial charge is 0.241 e. The van der Waals surface area contributed by atoms with E-state index in [1.54, 1.807) is 0 Å². The van der Waals surface area contributed by atoms with Gasteiger partial charge in [0.15, 0.2) is 0 Å². The van der Waals surface area contributed by atoms with E-state index in [1.165, 1.54) is 89.0 Å². The molecule has 0 bridgehead atoms. The van der Waals surface area contributed by atoms with Crippen molar-refractivity contribution in [2.45, 2.75) is 110 Å². The first-order valence-electron chi connectivity index (χ1n) is 12.1. The molecular formula is C25H42N2. The number of nitrogens with zero attached hydrogens (tertiary/aromatic N) is 2. The Kier molecular flexibility index (Phi) is 8.61. The fourth-order valence-corrected chi connectivity index (χ4v) is 5.57. The summed E-state index contributed by atoms with van der Waals surface area (Å²) in [6.07, 6.45) is 24.8. The molecule has 0 N–H and O–H groups in total. The van der Waals surface area contributed by atoms with Gasteiger partial charge in [0.1, 0.15) is 5.82 Å². The van der Waals surface area contributed by atoms with Crippen LogP contribution in [-0.4, -0.2) is 9.97 Å². The lowest BCUT2D eigenvalue weighted by molar-refractivity contribution is 0.142. The van der Waals surface area contributed by atoms with Gasteiger partial charge in [0.05, 0.1) is 0 Å². The maximum Gasteiger partial charge on any atom is 0.128 e. The normalized spacial score (nSPS) is 29.0. The van der Waals surface area contributed by atoms with Gasteiger partial charge in [0.25, 0.3) is 0 Å². The third-order valence-corrected chi connectivity index (χ3v) is 7.63. The highest BCUT2D eigenvalue weighted by Gasteiger charge is 2.30. The van der Waals surface area contributed by atoms with Crippen LogP contribution >= 0.6 is 0 Å². The molecule has 152 valence electrons. The van der Waals surface area contributed by atoms with E-state index in [-0.39, 0.29) is 0 Å². The third-order valence-electron chi connectivity index (χ3n) is 7.63. The third kappa shape index (κ3) is 6.57. The molecule has 2 aliphatic carbocycles. The molecular weight excluding hydrogens is 328 g/mol. The van der Waals surface area contributed by atoms with Crippen molar-refractivity contribution in [3.8, 4) is 0 Å². The summed E-state index contributed by atoms with van der Waals surface area (Å²) in [5, 5.41) is 0. The van der Waals surface area contributed by atoms with Crippen LogP contribution < -0.4 is 0 Å². The average Bonchev–Trinajstić information content (AvgIpc) is 2.74. The van der Waals surface area contributed by atoms with Gasteiger partial charge in [0.2, 0.25) is 0 Å². The predicted molar refractivity (Wildman–Crippen MR) is 115 cm³/mol. The number of hydrogen-bond acceptors (Lipinski definition) is 2. The lowest BCUT2D eigenvalue weighted by Crippen LogP contribution is -2.26. The zero-order chi connectivity index (χ0) is 18.9. The van der Waals surface area contributed by atoms with Gasteiger partial charge in [-0.15, -0.1) is 0 Å². The molecule has 2 aliphatic rings. The van der Waals surface area contributed by atoms with E-state index < -0.39 is 0 Å². The van der Waals surface area contributed by atoms with Gasteiger partial charge in [-0.1, -0.05) is 58.8 Å². The van der Waals surface area contributed by atoms with Gasteiger partial charge in [-0.25, -0.2) is 9.97 Å². The molecule has 0 saturated heterocycles. The molecule has 2 fully saturated rings. The van der Waals surface area contributed by atoms with Crippen molar-refractivity contribution < 1.29 is 0 Å². The Morgan fingerprint density at radius 2 is 1.33 bits per heavy atom. The molecule has 0 aliphatic heterocycles. The molecule has 0 aromatic carbocycles. The zero-order valence-electron chi connectivity index (χ0n) is 18.0. The summed E-state index contributed by atoms with van der Waals surface area (Å²) in [7, 11) is 0. The Labute approximate surface area is 168 Å². The van der Waals surface area contributed by atoms with Crippen LogP contribution in [-0.2, 0) is 12.8 Å². The van der Waals surface area contributed by atoms with Crippen LogP contribution in [0.3, 0.4) is 0 Å². The minimum atomic E-state index is 0.918. The fraction of sp³-hybridized carbons (Fsp3) is 0.840. The molecule has 1 aromatic heterocycles. The maximum atomic E-state index is 4.63. The van der Waals surface area contributed by atoms with Gasteiger partial charge in [-0.3, -0.25) is 0 Å². The van der Waals surface area contributed by atoms with Gasteiger partial charge in [0, 0.05) is 18.8 Å². The summed E-state index contributed by atoms with van der Waals surface area (Å²) in [6.45, 7) is 4.63. The SMILES string of the molecule is CCCCCc1cnc(CCC2CCC(C3CCC(CC)CC3)CC2)nc1. The summed E-state index contributed by atoms with van der Waals surface area (Å²) in [5.74, 6) is 5.11. The highest BCUT2D eigenvalue weighted by atomic mass is 14.9. The Hall–Kier alpha value is -0.920. The highest BCUT2D eigenvalue weighted by molar-refractivity contribution is 5.05. The lowest BCUT2D eigenvalue weighted by Gasteiger charge is -2.37. The molecule has 1 heterocycles. The van der Waals surface area contributed by atoms with Crippen molar-refractivity contribution in [2.24, 2.45) is 23.7 Å². The zero-order valence-corrected chi connectivity index (χ0v) is 18.0. The first-order valence-corrected chi connectivity index (χ1v) is 12.1. The van der Waals surface area contributed by atoms with E-state index in [4.69, 9.17) is 0 Å². The predicted octanol–water partition coefficient (Wildman–Crippen LogP) is 7.16. The quantitative estimate of drug-likeness (QED) is 0.431. The fourth-order valence-electron chi connectivity index (χ4n) is 5.57. The van der Waals surface area contributed by atoms with E-state index >= 15 is 0 Å². The average molecular weight is 371 g/mol. The Morgan fingerprint density at radius 3 is 1.89 bits per heavy atom. The van der Waals surface area contributed by atoms with Crippen LogP contribution in [0.1, 0.15) is 109 Å². The van der Waals surface area contributed by atoms with E-state index in [0.29, 0.717) is 0 Å². The molecule has 0 unspecified atom stereocenters. The van der Waals surface area contributed by atoms with E-state index in [9.17, 15) is 0 Å². The van der Waals surface area contributed by atoms with Crippen LogP contribution in [0.2, 0.25) is 0 Å². The second kappa shape index (κ2) is 11.2. The molecule has 2 nitrogen and oxygen atoms in total. The summed E-state index contributed by atoms with van der Waals surface area (Å²) in [5.41, 5.74) is 1.31. The molecule has 27 heavy (non-hydrogen) atoms. The molecule has 0 amide bonds. The van der Waals surface area contributed by atoms with Crippen molar-refractivity contribution in [1.29, 1.82) is 0 Å². The maximum absolute atomic E-state index is 4.63. The van der Waals surface area contributed by atoms with Crippen molar-refractivity contribution in [2.75, 3.05) is 0 Å². The van der Waals surface area contributed by atoms with Gasteiger partial charge >= 0.3 is 0 Å². The first kappa shape index (κ1) is 20.8. The van der Waals surface area contributed by atoms with Gasteiger partial charge < -0.3 is 0 Å². The topological polar surface area (TPSA) is 25.8 Å². The molecule has 0 atom stereocenters. The van der Waals surface area contributed by atoms with Crippen molar-refractivity contribution >= 4 is 0 Å². The van der Waals surface area contributed by atoms with Crippen LogP contribution in [0, 0.1) is 23.7 Å². The summed E-state index contributed by atoms with van der Waals surface area (Å²) in [4.78, 5) is 9.27. The van der Waals surface area contributed by atoms with Crippen LogP contribution in [0.4, 0.5) is 0 Å². The van der Waals surface area contributed by atoms with Crippen molar-refractivity contribution in [3.63, 3.8) is 0 Å². The number of aryl methyl sites for hydroxylation is 2. The Bertz CT molecular complexity index is 508. The minimum Gasteiger partial charge on any atom is -0.241 e. The van der Waals surface area contributed by atoms with Crippen LogP contribution in [0.5, 0.6) is 0 Å². The van der Waals surface area contributed by atoms with Crippen molar-refractivity contribution in [3.05, 3.63) is 23.8 Å². The Balaban J connectivity index is 1.33. The number of rotatable bonds is 9. The molecule has 2 heteroatoms. The first-order chi connectivity index (χ1) is 13.3. The number of hydrogen-bond donors (Lipinski definition) is 0. The second-order valence-electron chi connectivity index (χ2n) is 9.47. The van der Waals surface area contributed by atoms with Crippen molar-refractivity contribution in [1.82, 2.24) is 9.97 Å². The molecule has 1 aromatic rings. The number of aromatic nitrogens is 2. The summed E-state index contributed by atoms with van der Waals surface area (Å²) < 4.78 is 0. The number of unbranched alkanes of at least 4 members (excludes halogenated alkanes) is 2. The summed E-state index contributed by atoms with van der Waals surface area (Å²) in [6, 6.07) is 0. The monoisotopic (exact) mass is 370 g/mol. The molecule has 0 radical (unpaired) electrons. The summed E-state index contributed by atoms with van der Waals surface area (Å²) >= 11 is 0. The smallest absolute Gasteiger partial charge is 0.128 e. The van der Waals surface area contributed by atoms with Crippen LogP contribution in [0.15, 0.2) is 12.4 Å². The minimum absolute atomic E-state index is 0.918. The molecule has 3 rings (SSSR count). The standard InChI is InChI=1S/C25H42N2/c1-3-5-6-7-22-18-26-25(27-19-22)17-12-21-10-15-24(16-11-21)23-13-8-20(4-2)9-14-23/h18-21,23-24H,3-17H2,1-2H3.